The Kier molecular flexibility index (Phi) is 7.85. The lowest BCUT2D eigenvalue weighted by atomic mass is 9.90. The normalized spacial score (nSPS) is 14.8. The SMILES string of the molecule is CCOC(=O)C1=C(C)N=c2s/c(=C/c3cc(C)n(-c4sc(C)c(C)c4C#N)c3C)c(=O)n2[C@@H]1c1c(OC)ccc2ccccc12. The van der Waals surface area contributed by atoms with Crippen LogP contribution >= 0.6 is 22.7 Å². The predicted octanol–water partition coefficient (Wildman–Crippen LogP) is 5.92. The quantitative estimate of drug-likeness (QED) is 0.216. The Hall–Kier alpha value is -4.72. The number of thiophene rings is 1. The highest BCUT2D eigenvalue weighted by Crippen LogP contribution is 2.40. The van der Waals surface area contributed by atoms with Crippen molar-refractivity contribution in [2.75, 3.05) is 13.7 Å². The second-order valence-corrected chi connectivity index (χ2v) is 13.2. The van der Waals surface area contributed by atoms with Crippen molar-refractivity contribution >= 4 is 45.5 Å². The summed E-state index contributed by atoms with van der Waals surface area (Å²) in [6.45, 7) is 11.7. The van der Waals surface area contributed by atoms with Crippen molar-refractivity contribution in [1.29, 1.82) is 5.26 Å². The number of methoxy groups -OCH3 is 1. The van der Waals surface area contributed by atoms with Gasteiger partial charge in [0, 0.05) is 21.8 Å². The topological polar surface area (TPSA) is 98.6 Å². The molecule has 8 nitrogen and oxygen atoms in total. The standard InChI is InChI=1S/C35H32N4O4S2/c1-8-43-34(41)29-20(4)37-35-39(31(29)30-25-12-10-9-11-23(25)13-14-27(30)42-7)32(40)28(45-35)16-24-15-18(2)38(21(24)5)33-26(17-36)19(3)22(6)44-33/h9-16,31H,8H2,1-7H3/b28-16+/t31-/m0/s1. The first-order valence-electron chi connectivity index (χ1n) is 14.6. The average molecular weight is 637 g/mol. The number of benzene rings is 2. The van der Waals surface area contributed by atoms with Crippen molar-refractivity contribution in [3.05, 3.63) is 112 Å². The van der Waals surface area contributed by atoms with Crippen molar-refractivity contribution in [2.45, 2.75) is 47.6 Å². The van der Waals surface area contributed by atoms with Gasteiger partial charge in [-0.3, -0.25) is 9.36 Å². The summed E-state index contributed by atoms with van der Waals surface area (Å²) in [4.78, 5) is 34.3. The second kappa shape index (κ2) is 11.7. The first-order chi connectivity index (χ1) is 21.6. The second-order valence-electron chi connectivity index (χ2n) is 10.9. The van der Waals surface area contributed by atoms with E-state index in [9.17, 15) is 14.9 Å². The van der Waals surface area contributed by atoms with Crippen molar-refractivity contribution < 1.29 is 14.3 Å². The highest BCUT2D eigenvalue weighted by Gasteiger charge is 2.36. The molecular weight excluding hydrogens is 605 g/mol. The van der Waals surface area contributed by atoms with Gasteiger partial charge in [-0.1, -0.05) is 41.7 Å². The van der Waals surface area contributed by atoms with Crippen LogP contribution in [0.4, 0.5) is 0 Å². The Morgan fingerprint density at radius 2 is 1.87 bits per heavy atom. The number of nitriles is 1. The molecule has 0 fully saturated rings. The molecule has 4 heterocycles. The van der Waals surface area contributed by atoms with Crippen LogP contribution in [0.3, 0.4) is 0 Å². The van der Waals surface area contributed by atoms with Crippen molar-refractivity contribution in [3.63, 3.8) is 0 Å². The van der Waals surface area contributed by atoms with Gasteiger partial charge in [-0.15, -0.1) is 11.3 Å². The van der Waals surface area contributed by atoms with Gasteiger partial charge < -0.3 is 14.0 Å². The predicted molar refractivity (Wildman–Crippen MR) is 178 cm³/mol. The number of aryl methyl sites for hydroxylation is 2. The van der Waals surface area contributed by atoms with E-state index in [0.717, 1.165) is 43.2 Å². The van der Waals surface area contributed by atoms with Gasteiger partial charge in [-0.25, -0.2) is 9.79 Å². The summed E-state index contributed by atoms with van der Waals surface area (Å²) < 4.78 is 15.5. The van der Waals surface area contributed by atoms with E-state index < -0.39 is 12.0 Å². The molecule has 6 rings (SSSR count). The summed E-state index contributed by atoms with van der Waals surface area (Å²) in [6.07, 6.45) is 1.88. The zero-order valence-corrected chi connectivity index (χ0v) is 27.8. The molecule has 0 N–H and O–H groups in total. The maximum absolute atomic E-state index is 14.4. The summed E-state index contributed by atoms with van der Waals surface area (Å²) in [6, 6.07) is 15.3. The fourth-order valence-corrected chi connectivity index (χ4v) is 8.34. The molecule has 0 unspecified atom stereocenters. The van der Waals surface area contributed by atoms with Crippen molar-refractivity contribution in [1.82, 2.24) is 9.13 Å². The molecule has 2 aromatic carbocycles. The van der Waals surface area contributed by atoms with Crippen LogP contribution in [-0.2, 0) is 9.53 Å². The van der Waals surface area contributed by atoms with Gasteiger partial charge in [-0.05, 0) is 81.7 Å². The van der Waals surface area contributed by atoms with E-state index in [0.29, 0.717) is 37.5 Å². The molecule has 1 aliphatic rings. The summed E-state index contributed by atoms with van der Waals surface area (Å²) in [5.41, 5.74) is 5.63. The Labute approximate surface area is 268 Å². The van der Waals surface area contributed by atoms with E-state index in [1.54, 1.807) is 36.9 Å². The third kappa shape index (κ3) is 4.83. The molecule has 0 saturated heterocycles. The molecule has 0 spiro atoms. The number of hydrogen-bond acceptors (Lipinski definition) is 8. The number of carbonyl (C=O) groups excluding carboxylic acids is 1. The number of rotatable bonds is 6. The first-order valence-corrected chi connectivity index (χ1v) is 16.2. The minimum Gasteiger partial charge on any atom is -0.496 e. The Balaban J connectivity index is 1.61. The number of allylic oxidation sites excluding steroid dienone is 1. The third-order valence-electron chi connectivity index (χ3n) is 8.38. The number of carbonyl (C=O) groups is 1. The fourth-order valence-electron chi connectivity index (χ4n) is 6.09. The minimum absolute atomic E-state index is 0.186. The molecular formula is C35H32N4O4S2. The summed E-state index contributed by atoms with van der Waals surface area (Å²) >= 11 is 2.87. The number of hydrogen-bond donors (Lipinski definition) is 0. The van der Waals surface area contributed by atoms with Crippen LogP contribution in [0.5, 0.6) is 5.75 Å². The van der Waals surface area contributed by atoms with Gasteiger partial charge in [0.2, 0.25) is 0 Å². The summed E-state index contributed by atoms with van der Waals surface area (Å²) in [5, 5.41) is 12.6. The van der Waals surface area contributed by atoms with Gasteiger partial charge in [0.25, 0.3) is 5.56 Å². The Morgan fingerprint density at radius 3 is 2.58 bits per heavy atom. The van der Waals surface area contributed by atoms with Crippen molar-refractivity contribution in [3.8, 4) is 16.8 Å². The molecule has 1 aliphatic heterocycles. The monoisotopic (exact) mass is 636 g/mol. The van der Waals surface area contributed by atoms with Crippen LogP contribution < -0.4 is 19.6 Å². The Bertz CT molecular complexity index is 2290. The summed E-state index contributed by atoms with van der Waals surface area (Å²) in [5.74, 6) is 0.0366. The number of ether oxygens (including phenoxy) is 2. The maximum Gasteiger partial charge on any atom is 0.338 e. The van der Waals surface area contributed by atoms with Crippen molar-refractivity contribution in [2.24, 2.45) is 4.99 Å². The molecule has 10 heteroatoms. The smallest absolute Gasteiger partial charge is 0.338 e. The number of fused-ring (bicyclic) bond motifs is 2. The largest absolute Gasteiger partial charge is 0.496 e. The van der Waals surface area contributed by atoms with E-state index in [1.807, 2.05) is 76.2 Å². The zero-order valence-electron chi connectivity index (χ0n) is 26.1. The molecule has 0 radical (unpaired) electrons. The zero-order chi connectivity index (χ0) is 32.2. The lowest BCUT2D eigenvalue weighted by molar-refractivity contribution is -0.139. The van der Waals surface area contributed by atoms with Gasteiger partial charge >= 0.3 is 5.97 Å². The van der Waals surface area contributed by atoms with E-state index in [2.05, 4.69) is 10.6 Å². The van der Waals surface area contributed by atoms with Crippen LogP contribution in [0.25, 0.3) is 21.8 Å². The number of aromatic nitrogens is 2. The molecule has 0 amide bonds. The van der Waals surface area contributed by atoms with Crippen LogP contribution in [0.2, 0.25) is 0 Å². The maximum atomic E-state index is 14.4. The van der Waals surface area contributed by atoms with Crippen LogP contribution in [0.15, 0.2) is 63.5 Å². The molecule has 0 aliphatic carbocycles. The number of nitrogens with zero attached hydrogens (tertiary/aromatic N) is 4. The third-order valence-corrected chi connectivity index (χ3v) is 10.6. The van der Waals surface area contributed by atoms with Gasteiger partial charge in [0.05, 0.1) is 35.1 Å². The molecule has 228 valence electrons. The van der Waals surface area contributed by atoms with E-state index in [-0.39, 0.29) is 12.2 Å². The molecule has 45 heavy (non-hydrogen) atoms. The molecule has 0 saturated carbocycles. The van der Waals surface area contributed by atoms with Crippen LogP contribution in [0.1, 0.15) is 58.4 Å². The Morgan fingerprint density at radius 1 is 1.11 bits per heavy atom. The molecule has 3 aromatic heterocycles. The molecule has 1 atom stereocenters. The first kappa shape index (κ1) is 30.3. The molecule has 5 aromatic rings. The lowest BCUT2D eigenvalue weighted by Gasteiger charge is -2.27. The summed E-state index contributed by atoms with van der Waals surface area (Å²) in [7, 11) is 1.59. The van der Waals surface area contributed by atoms with Gasteiger partial charge in [0.15, 0.2) is 4.80 Å². The number of esters is 1. The van der Waals surface area contributed by atoms with Gasteiger partial charge in [0.1, 0.15) is 22.9 Å². The number of thiazole rings is 1. The van der Waals surface area contributed by atoms with E-state index in [1.165, 1.54) is 11.3 Å². The molecule has 0 bridgehead atoms. The van der Waals surface area contributed by atoms with Crippen LogP contribution in [-0.4, -0.2) is 28.8 Å². The van der Waals surface area contributed by atoms with E-state index >= 15 is 0 Å². The average Bonchev–Trinajstić information content (AvgIpc) is 3.59. The fraction of sp³-hybridized carbons (Fsp3) is 0.257. The van der Waals surface area contributed by atoms with Crippen LogP contribution in [0, 0.1) is 39.0 Å². The lowest BCUT2D eigenvalue weighted by Crippen LogP contribution is -2.40. The highest BCUT2D eigenvalue weighted by atomic mass is 32.1. The highest BCUT2D eigenvalue weighted by molar-refractivity contribution is 7.15. The van der Waals surface area contributed by atoms with Gasteiger partial charge in [-0.2, -0.15) is 5.26 Å². The van der Waals surface area contributed by atoms with E-state index in [4.69, 9.17) is 14.5 Å². The minimum atomic E-state index is -0.814.